The highest BCUT2D eigenvalue weighted by atomic mass is 16.5. The van der Waals surface area contributed by atoms with E-state index in [-0.39, 0.29) is 54.0 Å². The SMILES string of the molecule is C[C@@H]1[C@H]([C@@H](O)[C@](C)(O)[C@@H]2CC[C@]3(O)[C@@H]4C(=NC[C@H](C)O)C(=O)[C@@H]5[C@@H]6CC[C@@H]7C(C8CCC(N)[NH2+]C8)C=C[C@@H](C[C@]23C)[C@@H]4[C@@]75C[C@H](O)[C@@H]6O)OC[C@@H]1C. The van der Waals surface area contributed by atoms with Gasteiger partial charge < -0.3 is 40.7 Å². The minimum absolute atomic E-state index is 0.0202. The molecule has 2 bridgehead atoms. The number of nitrogens with zero attached hydrogens (tertiary/aromatic N) is 1. The summed E-state index contributed by atoms with van der Waals surface area (Å²) in [4.78, 5) is 20.3. The van der Waals surface area contributed by atoms with Gasteiger partial charge in [0, 0.05) is 36.2 Å². The average molecular weight is 729 g/mol. The lowest BCUT2D eigenvalue weighted by atomic mass is 9.33. The van der Waals surface area contributed by atoms with E-state index < -0.39 is 76.2 Å². The van der Waals surface area contributed by atoms with Gasteiger partial charge in [0.15, 0.2) is 5.78 Å². The van der Waals surface area contributed by atoms with Crippen LogP contribution in [0.1, 0.15) is 86.0 Å². The summed E-state index contributed by atoms with van der Waals surface area (Å²) in [6.07, 6.45) is 5.31. The number of hydrogen-bond acceptors (Lipinski definition) is 10. The minimum atomic E-state index is -1.59. The number of ketones is 1. The molecule has 2 aliphatic heterocycles. The molecule has 0 aromatic heterocycles. The maximum atomic E-state index is 15.4. The third-order valence-electron chi connectivity index (χ3n) is 17.2. The molecule has 11 nitrogen and oxygen atoms in total. The number of quaternary nitrogens is 1. The topological polar surface area (TPSA) is 203 Å². The monoisotopic (exact) mass is 728 g/mol. The Hall–Kier alpha value is -1.28. The number of aliphatic hydroxyl groups excluding tert-OH is 4. The summed E-state index contributed by atoms with van der Waals surface area (Å²) in [7, 11) is 0. The van der Waals surface area contributed by atoms with Crippen molar-refractivity contribution in [3.63, 3.8) is 0 Å². The molecule has 11 heteroatoms. The molecule has 7 fully saturated rings. The number of piperidine rings is 1. The van der Waals surface area contributed by atoms with E-state index in [1.807, 2.05) is 0 Å². The molecule has 2 heterocycles. The fraction of sp³-hybridized carbons (Fsp3) is 0.902. The van der Waals surface area contributed by atoms with Crippen LogP contribution in [0.25, 0.3) is 0 Å². The number of nitrogens with two attached hydrogens (primary N) is 2. The van der Waals surface area contributed by atoms with Crippen LogP contribution in [-0.4, -0.2) is 110 Å². The Balaban J connectivity index is 1.29. The van der Waals surface area contributed by atoms with Crippen LogP contribution in [0.3, 0.4) is 0 Å². The first kappa shape index (κ1) is 37.6. The lowest BCUT2D eigenvalue weighted by molar-refractivity contribution is -0.704. The number of Topliss-reactive ketones (excluding diaryl/α,β-unsaturated/α-hetero) is 1. The van der Waals surface area contributed by atoms with E-state index in [0.29, 0.717) is 50.3 Å². The van der Waals surface area contributed by atoms with Crippen LogP contribution in [0.5, 0.6) is 0 Å². The van der Waals surface area contributed by atoms with Crippen molar-refractivity contribution in [1.29, 1.82) is 0 Å². The number of carbonyl (C=O) groups is 1. The van der Waals surface area contributed by atoms with E-state index in [1.54, 1.807) is 13.8 Å². The predicted molar refractivity (Wildman–Crippen MR) is 193 cm³/mol. The van der Waals surface area contributed by atoms with Crippen LogP contribution >= 0.6 is 0 Å². The predicted octanol–water partition coefficient (Wildman–Crippen LogP) is 0.772. The Morgan fingerprint density at radius 1 is 1.10 bits per heavy atom. The largest absolute Gasteiger partial charge is 0.391 e. The standard InChI is InChI=1S/C41H65N3O8/c1-19-18-52-36(21(19)3)37(49)39(5,50)28-12-13-41(51)32-30-22(14-38(28,41)4)6-8-24(23-7-11-29(42)43-17-23)26-10-9-25-31(35(48)33(32)44-16-20(2)45)40(26,30)15-27(46)34(25)47/h6,8,19-32,34,36-37,43,45-47,49-51H,7,9-18,42H2,1-5H3/p+1/t19-,20-,21-,22-,23?,24?,25-,26+,27-,28+,29?,30-,31-,32-,34+,36+,37+,38+,39+,40+,41-/m0/s1. The summed E-state index contributed by atoms with van der Waals surface area (Å²) in [5, 5.41) is 74.1. The molecule has 10 N–H and O–H groups in total. The zero-order valence-corrected chi connectivity index (χ0v) is 31.8. The molecule has 0 amide bonds. The Kier molecular flexibility index (Phi) is 9.32. The van der Waals surface area contributed by atoms with Crippen LogP contribution in [0.2, 0.25) is 0 Å². The molecule has 0 aromatic carbocycles. The zero-order valence-electron chi connectivity index (χ0n) is 31.8. The summed E-state index contributed by atoms with van der Waals surface area (Å²) in [5.41, 5.74) is 2.02. The number of rotatable bonds is 6. The smallest absolute Gasteiger partial charge is 0.181 e. The van der Waals surface area contributed by atoms with Gasteiger partial charge in [0.1, 0.15) is 12.3 Å². The van der Waals surface area contributed by atoms with Gasteiger partial charge in [-0.1, -0.05) is 32.9 Å². The maximum absolute atomic E-state index is 15.4. The summed E-state index contributed by atoms with van der Waals surface area (Å²) in [5.74, 6) is -1.80. The molecule has 21 atom stereocenters. The number of allylic oxidation sites excluding steroid dienone is 2. The Morgan fingerprint density at radius 3 is 2.50 bits per heavy atom. The first-order valence-electron chi connectivity index (χ1n) is 20.6. The van der Waals surface area contributed by atoms with Gasteiger partial charge in [0.2, 0.25) is 0 Å². The number of carbonyl (C=O) groups excluding carboxylic acids is 1. The van der Waals surface area contributed by atoms with Gasteiger partial charge in [-0.2, -0.15) is 0 Å². The number of ether oxygens (including phenoxy) is 1. The quantitative estimate of drug-likeness (QED) is 0.182. The molecular formula is C41H66N3O8+. The molecule has 1 spiro atoms. The third kappa shape index (κ3) is 5.08. The van der Waals surface area contributed by atoms with Gasteiger partial charge in [-0.3, -0.25) is 15.5 Å². The van der Waals surface area contributed by atoms with Crippen LogP contribution < -0.4 is 11.1 Å². The number of fused-ring (bicyclic) bond motifs is 2. The first-order chi connectivity index (χ1) is 24.5. The van der Waals surface area contributed by atoms with Gasteiger partial charge in [0.05, 0.1) is 54.4 Å². The van der Waals surface area contributed by atoms with Gasteiger partial charge in [-0.15, -0.1) is 0 Å². The highest BCUT2D eigenvalue weighted by Crippen LogP contribution is 2.76. The Morgan fingerprint density at radius 2 is 1.85 bits per heavy atom. The fourth-order valence-corrected chi connectivity index (χ4v) is 14.7. The second-order valence-corrected chi connectivity index (χ2v) is 19.7. The summed E-state index contributed by atoms with van der Waals surface area (Å²) < 4.78 is 6.09. The molecule has 2 saturated heterocycles. The lowest BCUT2D eigenvalue weighted by Crippen LogP contribution is -2.95. The summed E-state index contributed by atoms with van der Waals surface area (Å²) in [6.45, 7) is 11.0. The van der Waals surface area contributed by atoms with Crippen molar-refractivity contribution in [3.05, 3.63) is 12.2 Å². The van der Waals surface area contributed by atoms with Crippen molar-refractivity contribution in [1.82, 2.24) is 0 Å². The number of aliphatic hydroxyl groups is 6. The normalized spacial score (nSPS) is 55.7. The molecule has 52 heavy (non-hydrogen) atoms. The van der Waals surface area contributed by atoms with Crippen molar-refractivity contribution < 1.29 is 45.5 Å². The first-order valence-corrected chi connectivity index (χ1v) is 20.6. The van der Waals surface area contributed by atoms with Gasteiger partial charge >= 0.3 is 0 Å². The van der Waals surface area contributed by atoms with Crippen molar-refractivity contribution in [2.24, 2.45) is 86.7 Å². The van der Waals surface area contributed by atoms with Crippen molar-refractivity contribution in [3.8, 4) is 0 Å². The highest BCUT2D eigenvalue weighted by Gasteiger charge is 2.78. The van der Waals surface area contributed by atoms with E-state index in [2.05, 4.69) is 38.2 Å². The van der Waals surface area contributed by atoms with Crippen LogP contribution in [0, 0.1) is 75.9 Å². The average Bonchev–Trinajstić information content (AvgIpc) is 3.53. The molecular weight excluding hydrogens is 662 g/mol. The molecule has 8 aliphatic rings. The lowest BCUT2D eigenvalue weighted by Gasteiger charge is -2.70. The molecule has 0 aromatic rings. The second-order valence-electron chi connectivity index (χ2n) is 19.7. The third-order valence-corrected chi connectivity index (χ3v) is 17.2. The van der Waals surface area contributed by atoms with Crippen molar-refractivity contribution in [2.45, 2.75) is 134 Å². The number of hydrogen-bond donors (Lipinski definition) is 8. The minimum Gasteiger partial charge on any atom is -0.391 e. The summed E-state index contributed by atoms with van der Waals surface area (Å²) >= 11 is 0. The van der Waals surface area contributed by atoms with Crippen LogP contribution in [-0.2, 0) is 9.53 Å². The van der Waals surface area contributed by atoms with Crippen LogP contribution in [0.15, 0.2) is 17.1 Å². The molecule has 5 saturated carbocycles. The molecule has 6 aliphatic carbocycles. The molecule has 3 unspecified atom stereocenters. The number of aliphatic imine (C=N–C) groups is 1. The van der Waals surface area contributed by atoms with Gasteiger partial charge in [-0.25, -0.2) is 0 Å². The van der Waals surface area contributed by atoms with Crippen molar-refractivity contribution in [2.75, 3.05) is 19.7 Å². The van der Waals surface area contributed by atoms with Gasteiger partial charge in [0.25, 0.3) is 0 Å². The van der Waals surface area contributed by atoms with E-state index >= 15 is 4.79 Å². The molecule has 292 valence electrons. The molecule has 0 radical (unpaired) electrons. The Labute approximate surface area is 308 Å². The van der Waals surface area contributed by atoms with E-state index in [4.69, 9.17) is 15.5 Å². The van der Waals surface area contributed by atoms with Gasteiger partial charge in [-0.05, 0) is 112 Å². The zero-order chi connectivity index (χ0) is 37.3. The van der Waals surface area contributed by atoms with Crippen LogP contribution in [0.4, 0.5) is 0 Å². The van der Waals surface area contributed by atoms with Crippen molar-refractivity contribution >= 4 is 11.5 Å². The maximum Gasteiger partial charge on any atom is 0.181 e. The van der Waals surface area contributed by atoms with E-state index in [9.17, 15) is 30.6 Å². The fourth-order valence-electron chi connectivity index (χ4n) is 14.7. The summed E-state index contributed by atoms with van der Waals surface area (Å²) in [6, 6.07) is 0. The van der Waals surface area contributed by atoms with E-state index in [1.165, 1.54) is 0 Å². The van der Waals surface area contributed by atoms with E-state index in [0.717, 1.165) is 25.8 Å². The second kappa shape index (κ2) is 12.9. The Bertz CT molecular complexity index is 1460. The highest BCUT2D eigenvalue weighted by molar-refractivity contribution is 6.42. The molecule has 8 rings (SSSR count).